The maximum Gasteiger partial charge on any atom is 0.213 e. The summed E-state index contributed by atoms with van der Waals surface area (Å²) in [4.78, 5) is 8.57. The summed E-state index contributed by atoms with van der Waals surface area (Å²) in [6.07, 6.45) is 0.720. The molecule has 8 nitrogen and oxygen atoms in total. The standard InChI is InChI=1S/C19H35N5O3S2.HI/c1-4-20-19(21-9-7-10-23(3)29(25,26)5-2)22-16-17(18-8-6-15-28-18)24-11-13-27-14-12-24;/h6,8,15,17H,4-5,7,9-14,16H2,1-3H3,(H2,20,21,22);1H. The molecule has 2 rings (SSSR count). The van der Waals surface area contributed by atoms with Crippen molar-refractivity contribution in [2.45, 2.75) is 26.3 Å². The molecule has 1 fully saturated rings. The lowest BCUT2D eigenvalue weighted by molar-refractivity contribution is 0.0186. The highest BCUT2D eigenvalue weighted by Crippen LogP contribution is 2.26. The third-order valence-corrected chi connectivity index (χ3v) is 7.74. The van der Waals surface area contributed by atoms with E-state index in [1.165, 1.54) is 9.18 Å². The van der Waals surface area contributed by atoms with Crippen molar-refractivity contribution in [2.75, 3.05) is 65.3 Å². The highest BCUT2D eigenvalue weighted by Gasteiger charge is 2.23. The Morgan fingerprint density at radius 2 is 2.07 bits per heavy atom. The maximum absolute atomic E-state index is 11.8. The van der Waals surface area contributed by atoms with Crippen LogP contribution in [-0.2, 0) is 14.8 Å². The maximum atomic E-state index is 11.8. The number of thiophene rings is 1. The van der Waals surface area contributed by atoms with Gasteiger partial charge >= 0.3 is 0 Å². The Labute approximate surface area is 202 Å². The Hall–Kier alpha value is -0.470. The minimum atomic E-state index is -3.12. The fraction of sp³-hybridized carbons (Fsp3) is 0.737. The molecular weight excluding hydrogens is 537 g/mol. The van der Waals surface area contributed by atoms with E-state index in [0.717, 1.165) is 45.2 Å². The zero-order chi connectivity index (χ0) is 21.1. The van der Waals surface area contributed by atoms with Gasteiger partial charge in [-0.25, -0.2) is 12.7 Å². The van der Waals surface area contributed by atoms with Crippen LogP contribution < -0.4 is 10.6 Å². The SMILES string of the molecule is CCNC(=NCC(c1cccs1)N1CCOCC1)NCCCN(C)S(=O)(=O)CC.I. The molecule has 1 aromatic rings. The van der Waals surface area contributed by atoms with E-state index >= 15 is 0 Å². The molecule has 1 unspecified atom stereocenters. The topological polar surface area (TPSA) is 86.3 Å². The lowest BCUT2D eigenvalue weighted by atomic mass is 10.2. The number of guanidine groups is 1. The second-order valence-electron chi connectivity index (χ2n) is 6.90. The molecule has 11 heteroatoms. The van der Waals surface area contributed by atoms with E-state index in [9.17, 15) is 8.42 Å². The summed E-state index contributed by atoms with van der Waals surface area (Å²) in [6, 6.07) is 4.50. The van der Waals surface area contributed by atoms with Gasteiger partial charge in [0.15, 0.2) is 5.96 Å². The van der Waals surface area contributed by atoms with Crippen molar-refractivity contribution in [1.82, 2.24) is 19.8 Å². The first-order valence-electron chi connectivity index (χ1n) is 10.3. The van der Waals surface area contributed by atoms with Crippen molar-refractivity contribution in [2.24, 2.45) is 4.99 Å². The first kappa shape index (κ1) is 27.6. The van der Waals surface area contributed by atoms with Crippen LogP contribution in [0.3, 0.4) is 0 Å². The van der Waals surface area contributed by atoms with E-state index in [1.54, 1.807) is 25.3 Å². The average Bonchev–Trinajstić information content (AvgIpc) is 3.26. The summed E-state index contributed by atoms with van der Waals surface area (Å²) in [7, 11) is -1.49. The third-order valence-electron chi connectivity index (χ3n) is 4.91. The molecule has 2 N–H and O–H groups in total. The summed E-state index contributed by atoms with van der Waals surface area (Å²) >= 11 is 1.76. The summed E-state index contributed by atoms with van der Waals surface area (Å²) < 4.78 is 30.6. The molecule has 174 valence electrons. The Kier molecular flexibility index (Phi) is 13.4. The largest absolute Gasteiger partial charge is 0.379 e. The third kappa shape index (κ3) is 8.95. The van der Waals surface area contributed by atoms with Crippen LogP contribution in [0.2, 0.25) is 0 Å². The zero-order valence-corrected chi connectivity index (χ0v) is 22.1. The van der Waals surface area contributed by atoms with Gasteiger partial charge in [-0.1, -0.05) is 6.07 Å². The van der Waals surface area contributed by atoms with Crippen LogP contribution in [0.4, 0.5) is 0 Å². The smallest absolute Gasteiger partial charge is 0.213 e. The van der Waals surface area contributed by atoms with E-state index in [1.807, 2.05) is 6.92 Å². The normalized spacial score (nSPS) is 16.9. The van der Waals surface area contributed by atoms with Gasteiger partial charge in [-0.3, -0.25) is 9.89 Å². The lowest BCUT2D eigenvalue weighted by Gasteiger charge is -2.33. The van der Waals surface area contributed by atoms with Crippen molar-refractivity contribution in [3.05, 3.63) is 22.4 Å². The Balaban J connectivity index is 0.00000450. The van der Waals surface area contributed by atoms with Crippen LogP contribution in [0, 0.1) is 0 Å². The number of ether oxygens (including phenoxy) is 1. The Morgan fingerprint density at radius 3 is 2.67 bits per heavy atom. The number of nitrogens with zero attached hydrogens (tertiary/aromatic N) is 3. The van der Waals surface area contributed by atoms with Crippen molar-refractivity contribution < 1.29 is 13.2 Å². The summed E-state index contributed by atoms with van der Waals surface area (Å²) in [5, 5.41) is 8.72. The molecule has 0 spiro atoms. The van der Waals surface area contributed by atoms with E-state index in [0.29, 0.717) is 19.6 Å². The molecule has 30 heavy (non-hydrogen) atoms. The number of morpholine rings is 1. The second-order valence-corrected chi connectivity index (χ2v) is 10.2. The predicted molar refractivity (Wildman–Crippen MR) is 136 cm³/mol. The number of hydrogen-bond acceptors (Lipinski definition) is 6. The number of rotatable bonds is 11. The van der Waals surface area contributed by atoms with E-state index in [-0.39, 0.29) is 35.8 Å². The molecule has 0 saturated carbocycles. The van der Waals surface area contributed by atoms with Crippen molar-refractivity contribution in [3.63, 3.8) is 0 Å². The van der Waals surface area contributed by atoms with Crippen molar-refractivity contribution in [3.8, 4) is 0 Å². The molecule has 1 aliphatic heterocycles. The van der Waals surface area contributed by atoms with Gasteiger partial charge in [0.05, 0.1) is 31.6 Å². The molecule has 1 aromatic heterocycles. The van der Waals surface area contributed by atoms with E-state index < -0.39 is 10.0 Å². The highest BCUT2D eigenvalue weighted by atomic mass is 127. The molecule has 2 heterocycles. The van der Waals surface area contributed by atoms with Crippen LogP contribution in [0.25, 0.3) is 0 Å². The fourth-order valence-corrected chi connectivity index (χ4v) is 4.84. The van der Waals surface area contributed by atoms with Gasteiger partial charge in [0, 0.05) is 44.6 Å². The quantitative estimate of drug-likeness (QED) is 0.182. The number of hydrogen-bond donors (Lipinski definition) is 2. The predicted octanol–water partition coefficient (Wildman–Crippen LogP) is 1.97. The fourth-order valence-electron chi connectivity index (χ4n) is 3.14. The van der Waals surface area contributed by atoms with Crippen LogP contribution in [0.15, 0.2) is 22.5 Å². The van der Waals surface area contributed by atoms with Gasteiger partial charge in [-0.2, -0.15) is 0 Å². The molecule has 1 atom stereocenters. The van der Waals surface area contributed by atoms with Gasteiger partial charge in [0.1, 0.15) is 0 Å². The molecular formula is C19H36IN5O3S2. The van der Waals surface area contributed by atoms with Gasteiger partial charge in [0.2, 0.25) is 10.0 Å². The monoisotopic (exact) mass is 573 g/mol. The summed E-state index contributed by atoms with van der Waals surface area (Å²) in [5.41, 5.74) is 0. The lowest BCUT2D eigenvalue weighted by Crippen LogP contribution is -2.42. The number of sulfonamides is 1. The highest BCUT2D eigenvalue weighted by molar-refractivity contribution is 14.0. The average molecular weight is 574 g/mol. The first-order valence-corrected chi connectivity index (χ1v) is 12.8. The Morgan fingerprint density at radius 1 is 1.33 bits per heavy atom. The molecule has 0 radical (unpaired) electrons. The number of nitrogens with one attached hydrogen (secondary N) is 2. The molecule has 0 bridgehead atoms. The minimum absolute atomic E-state index is 0. The van der Waals surface area contributed by atoms with Crippen molar-refractivity contribution >= 4 is 51.3 Å². The van der Waals surface area contributed by atoms with Gasteiger partial charge < -0.3 is 15.4 Å². The molecule has 0 amide bonds. The first-order chi connectivity index (χ1) is 14.0. The van der Waals surface area contributed by atoms with Crippen LogP contribution in [0.5, 0.6) is 0 Å². The Bertz CT molecular complexity index is 710. The molecule has 0 aromatic carbocycles. The summed E-state index contributed by atoms with van der Waals surface area (Å²) in [5.74, 6) is 0.899. The van der Waals surface area contributed by atoms with E-state index in [2.05, 4.69) is 33.0 Å². The number of aliphatic imine (C=N–C) groups is 1. The van der Waals surface area contributed by atoms with Crippen molar-refractivity contribution in [1.29, 1.82) is 0 Å². The van der Waals surface area contributed by atoms with Crippen LogP contribution in [-0.4, -0.2) is 88.9 Å². The van der Waals surface area contributed by atoms with Gasteiger partial charge in [-0.15, -0.1) is 35.3 Å². The van der Waals surface area contributed by atoms with Crippen LogP contribution >= 0.6 is 35.3 Å². The van der Waals surface area contributed by atoms with Gasteiger partial charge in [-0.05, 0) is 31.7 Å². The van der Waals surface area contributed by atoms with E-state index in [4.69, 9.17) is 9.73 Å². The zero-order valence-electron chi connectivity index (χ0n) is 18.2. The summed E-state index contributed by atoms with van der Waals surface area (Å²) in [6.45, 7) is 9.66. The molecule has 1 aliphatic rings. The number of halogens is 1. The van der Waals surface area contributed by atoms with Gasteiger partial charge in [0.25, 0.3) is 0 Å². The van der Waals surface area contributed by atoms with Crippen LogP contribution in [0.1, 0.15) is 31.2 Å². The molecule has 0 aliphatic carbocycles. The molecule has 1 saturated heterocycles. The minimum Gasteiger partial charge on any atom is -0.379 e. The second kappa shape index (κ2) is 14.6.